The fraction of sp³-hybridized carbons (Fsp3) is 0.200. The minimum absolute atomic E-state index is 0.220. The number of fused-ring (bicyclic) bond motifs is 2. The normalized spacial score (nSPS) is 19.1. The van der Waals surface area contributed by atoms with Crippen LogP contribution in [0.5, 0.6) is 0 Å². The zero-order chi connectivity index (χ0) is 30.2. The molecule has 6 rings (SSSR count). The minimum atomic E-state index is -0.852. The average molecular weight is 635 g/mol. The van der Waals surface area contributed by atoms with Crippen LogP contribution in [0.25, 0.3) is 0 Å². The summed E-state index contributed by atoms with van der Waals surface area (Å²) in [5.74, 6) is -3.24. The van der Waals surface area contributed by atoms with Crippen molar-refractivity contribution < 1.29 is 23.9 Å². The van der Waals surface area contributed by atoms with Gasteiger partial charge in [-0.1, -0.05) is 40.8 Å². The lowest BCUT2D eigenvalue weighted by molar-refractivity contribution is -0.122. The number of ether oxygens (including phenoxy) is 1. The number of thioether (sulfide) groups is 1. The molecule has 0 bridgehead atoms. The Labute approximate surface area is 258 Å². The van der Waals surface area contributed by atoms with Crippen LogP contribution < -0.4 is 15.1 Å². The predicted molar refractivity (Wildman–Crippen MR) is 163 cm³/mol. The molecule has 1 N–H and O–H groups in total. The standard InChI is InChI=1S/C30H23ClN4O6S2/c1-2-41-29(39)16-5-11-20(12-6-16)35-26(37)23-22(17-4-3-13-32-14-17)25-28(42-24(23)27(35)38)34(30(40)43-25)15-21(36)33-19-9-7-18(31)8-10-19/h3-14,22-24H,2,15H2,1H3,(H,33,36). The van der Waals surface area contributed by atoms with Crippen LogP contribution in [-0.2, 0) is 25.7 Å². The van der Waals surface area contributed by atoms with Crippen LogP contribution in [0.15, 0.2) is 82.9 Å². The molecule has 0 saturated carbocycles. The van der Waals surface area contributed by atoms with E-state index in [4.69, 9.17) is 16.3 Å². The van der Waals surface area contributed by atoms with Crippen LogP contribution in [0.3, 0.4) is 0 Å². The lowest BCUT2D eigenvalue weighted by Crippen LogP contribution is -2.33. The molecule has 0 spiro atoms. The lowest BCUT2D eigenvalue weighted by atomic mass is 9.84. The van der Waals surface area contributed by atoms with Gasteiger partial charge in [0.15, 0.2) is 0 Å². The molecule has 4 heterocycles. The van der Waals surface area contributed by atoms with Crippen molar-refractivity contribution in [3.63, 3.8) is 0 Å². The van der Waals surface area contributed by atoms with E-state index in [1.807, 2.05) is 6.07 Å². The summed E-state index contributed by atoms with van der Waals surface area (Å²) in [7, 11) is 0. The Kier molecular flexibility index (Phi) is 7.91. The van der Waals surface area contributed by atoms with Crippen molar-refractivity contribution in [2.24, 2.45) is 5.92 Å². The number of amides is 3. The van der Waals surface area contributed by atoms with Crippen LogP contribution in [0, 0.1) is 5.92 Å². The SMILES string of the molecule is CCOC(=O)c1ccc(N2C(=O)C3Sc4c(sc(=O)n4CC(=O)Nc4ccc(Cl)cc4)C(c4cccnc4)C3C2=O)cc1. The van der Waals surface area contributed by atoms with E-state index in [1.54, 1.807) is 49.6 Å². The Morgan fingerprint density at radius 1 is 1.02 bits per heavy atom. The molecule has 2 aliphatic rings. The van der Waals surface area contributed by atoms with Gasteiger partial charge in [0.1, 0.15) is 11.8 Å². The highest BCUT2D eigenvalue weighted by atomic mass is 35.5. The van der Waals surface area contributed by atoms with E-state index in [0.717, 1.165) is 28.0 Å². The largest absolute Gasteiger partial charge is 0.462 e. The van der Waals surface area contributed by atoms with Crippen molar-refractivity contribution in [2.45, 2.75) is 29.7 Å². The maximum absolute atomic E-state index is 14.0. The highest BCUT2D eigenvalue weighted by Crippen LogP contribution is 2.53. The van der Waals surface area contributed by atoms with Crippen molar-refractivity contribution in [3.05, 3.63) is 104 Å². The van der Waals surface area contributed by atoms with Gasteiger partial charge in [0.2, 0.25) is 17.7 Å². The molecule has 1 fully saturated rings. The first kappa shape index (κ1) is 28.8. The Morgan fingerprint density at radius 3 is 2.44 bits per heavy atom. The van der Waals surface area contributed by atoms with Gasteiger partial charge in [0, 0.05) is 33.9 Å². The summed E-state index contributed by atoms with van der Waals surface area (Å²) in [6.07, 6.45) is 3.23. The molecule has 0 aliphatic carbocycles. The number of imide groups is 1. The average Bonchev–Trinajstić information content (AvgIpc) is 3.45. The maximum atomic E-state index is 14.0. The number of benzene rings is 2. The summed E-state index contributed by atoms with van der Waals surface area (Å²) in [5, 5.41) is 2.90. The summed E-state index contributed by atoms with van der Waals surface area (Å²) in [6, 6.07) is 16.2. The molecule has 2 aliphatic heterocycles. The van der Waals surface area contributed by atoms with Gasteiger partial charge in [-0.3, -0.25) is 28.7 Å². The first-order valence-electron chi connectivity index (χ1n) is 13.3. The molecule has 3 amide bonds. The van der Waals surface area contributed by atoms with Gasteiger partial charge in [0.05, 0.1) is 28.8 Å². The number of nitrogens with zero attached hydrogens (tertiary/aromatic N) is 3. The summed E-state index contributed by atoms with van der Waals surface area (Å²) in [4.78, 5) is 71.8. The lowest BCUT2D eigenvalue weighted by Gasteiger charge is -2.30. The zero-order valence-corrected chi connectivity index (χ0v) is 24.9. The molecular weight excluding hydrogens is 612 g/mol. The number of aromatic nitrogens is 2. The minimum Gasteiger partial charge on any atom is -0.462 e. The number of halogens is 1. The molecule has 2 aromatic carbocycles. The van der Waals surface area contributed by atoms with E-state index in [1.165, 1.54) is 28.8 Å². The van der Waals surface area contributed by atoms with Crippen molar-refractivity contribution in [2.75, 3.05) is 16.8 Å². The number of rotatable bonds is 7. The van der Waals surface area contributed by atoms with Gasteiger partial charge in [-0.2, -0.15) is 0 Å². The number of carbonyl (C=O) groups excluding carboxylic acids is 4. The molecule has 3 atom stereocenters. The third kappa shape index (κ3) is 5.37. The second-order valence-corrected chi connectivity index (χ2v) is 12.3. The highest BCUT2D eigenvalue weighted by molar-refractivity contribution is 8.00. The molecule has 0 radical (unpaired) electrons. The Hall–Kier alpha value is -4.26. The van der Waals surface area contributed by atoms with Crippen LogP contribution in [0.4, 0.5) is 11.4 Å². The number of hydrogen-bond acceptors (Lipinski definition) is 9. The van der Waals surface area contributed by atoms with Gasteiger partial charge < -0.3 is 10.1 Å². The number of anilines is 2. The number of hydrogen-bond donors (Lipinski definition) is 1. The number of thiazole rings is 1. The summed E-state index contributed by atoms with van der Waals surface area (Å²) in [6.45, 7) is 1.65. The molecule has 218 valence electrons. The Bertz CT molecular complexity index is 1790. The highest BCUT2D eigenvalue weighted by Gasteiger charge is 2.56. The second kappa shape index (κ2) is 11.8. The van der Waals surface area contributed by atoms with Gasteiger partial charge in [-0.25, -0.2) is 9.69 Å². The topological polar surface area (TPSA) is 128 Å². The van der Waals surface area contributed by atoms with Gasteiger partial charge in [0.25, 0.3) is 0 Å². The van der Waals surface area contributed by atoms with E-state index in [0.29, 0.717) is 37.4 Å². The molecule has 1 saturated heterocycles. The molecule has 3 unspecified atom stereocenters. The monoisotopic (exact) mass is 634 g/mol. The van der Waals surface area contributed by atoms with Crippen LogP contribution in [0.2, 0.25) is 5.02 Å². The first-order chi connectivity index (χ1) is 20.8. The quantitative estimate of drug-likeness (QED) is 0.231. The van der Waals surface area contributed by atoms with E-state index >= 15 is 0 Å². The van der Waals surface area contributed by atoms with Crippen LogP contribution in [-0.4, -0.2) is 45.1 Å². The van der Waals surface area contributed by atoms with Gasteiger partial charge >= 0.3 is 10.8 Å². The summed E-state index contributed by atoms with van der Waals surface area (Å²) >= 11 is 8.01. The smallest absolute Gasteiger partial charge is 0.338 e. The van der Waals surface area contributed by atoms with E-state index in [2.05, 4.69) is 10.3 Å². The molecule has 4 aromatic rings. The third-order valence-electron chi connectivity index (χ3n) is 7.16. The third-order valence-corrected chi connectivity index (χ3v) is 10.0. The maximum Gasteiger partial charge on any atom is 0.338 e. The van der Waals surface area contributed by atoms with Gasteiger partial charge in [-0.15, -0.1) is 0 Å². The molecule has 10 nitrogen and oxygen atoms in total. The second-order valence-electron chi connectivity index (χ2n) is 9.79. The van der Waals surface area contributed by atoms with E-state index in [9.17, 15) is 24.0 Å². The molecule has 13 heteroatoms. The van der Waals surface area contributed by atoms with Gasteiger partial charge in [-0.05, 0) is 67.1 Å². The fourth-order valence-electron chi connectivity index (χ4n) is 5.27. The number of pyridine rings is 1. The van der Waals surface area contributed by atoms with Crippen molar-refractivity contribution in [3.8, 4) is 0 Å². The Morgan fingerprint density at radius 2 is 1.77 bits per heavy atom. The van der Waals surface area contributed by atoms with Crippen LogP contribution >= 0.6 is 34.7 Å². The fourth-order valence-corrected chi connectivity index (χ4v) is 8.17. The van der Waals surface area contributed by atoms with Crippen molar-refractivity contribution >= 4 is 69.8 Å². The number of esters is 1. The number of carbonyl (C=O) groups is 4. The summed E-state index contributed by atoms with van der Waals surface area (Å²) < 4.78 is 6.38. The number of nitrogens with one attached hydrogen (secondary N) is 1. The van der Waals surface area contributed by atoms with E-state index in [-0.39, 0.29) is 18.0 Å². The predicted octanol–water partition coefficient (Wildman–Crippen LogP) is 4.57. The zero-order valence-electron chi connectivity index (χ0n) is 22.6. The molecule has 2 aromatic heterocycles. The van der Waals surface area contributed by atoms with Crippen molar-refractivity contribution in [1.29, 1.82) is 0 Å². The Balaban J connectivity index is 1.35. The van der Waals surface area contributed by atoms with Crippen LogP contribution in [0.1, 0.15) is 33.6 Å². The molecular formula is C30H23ClN4O6S2. The summed E-state index contributed by atoms with van der Waals surface area (Å²) in [5.41, 5.74) is 1.83. The first-order valence-corrected chi connectivity index (χ1v) is 15.3. The molecule has 43 heavy (non-hydrogen) atoms. The van der Waals surface area contributed by atoms with E-state index < -0.39 is 40.8 Å². The van der Waals surface area contributed by atoms with Crippen molar-refractivity contribution in [1.82, 2.24) is 9.55 Å².